The molecular weight excluding hydrogens is 360 g/mol. The molecular formula is C15H18N6O4S. The summed E-state index contributed by atoms with van der Waals surface area (Å²) in [5.41, 5.74) is 0.968. The lowest BCUT2D eigenvalue weighted by molar-refractivity contribution is -0.384. The predicted molar refractivity (Wildman–Crippen MR) is 95.7 cm³/mol. The fraction of sp³-hybridized carbons (Fsp3) is 0.333. The van der Waals surface area contributed by atoms with Crippen molar-refractivity contribution < 1.29 is 13.3 Å². The normalized spacial score (nSPS) is 15.2. The summed E-state index contributed by atoms with van der Waals surface area (Å²) in [6.45, 7) is 4.23. The molecule has 1 aromatic heterocycles. The van der Waals surface area contributed by atoms with Crippen LogP contribution in [0.15, 0.2) is 35.5 Å². The van der Waals surface area contributed by atoms with E-state index >= 15 is 0 Å². The average Bonchev–Trinajstić information content (AvgIpc) is 2.60. The quantitative estimate of drug-likeness (QED) is 0.605. The van der Waals surface area contributed by atoms with Crippen molar-refractivity contribution >= 4 is 27.2 Å². The van der Waals surface area contributed by atoms with Gasteiger partial charge in [0.2, 0.25) is 10.0 Å². The molecule has 10 nitrogen and oxygen atoms in total. The maximum absolute atomic E-state index is 11.4. The van der Waals surface area contributed by atoms with E-state index in [9.17, 15) is 18.5 Å². The van der Waals surface area contributed by atoms with Gasteiger partial charge in [-0.2, -0.15) is 0 Å². The minimum Gasteiger partial charge on any atom is -0.362 e. The highest BCUT2D eigenvalue weighted by atomic mass is 32.2. The van der Waals surface area contributed by atoms with Gasteiger partial charge in [0.15, 0.2) is 0 Å². The minimum absolute atomic E-state index is 0.275. The summed E-state index contributed by atoms with van der Waals surface area (Å²) in [4.78, 5) is 22.8. The molecule has 0 spiro atoms. The van der Waals surface area contributed by atoms with Crippen molar-refractivity contribution in [2.45, 2.75) is 11.8 Å². The number of rotatable bonds is 4. The molecule has 2 aromatic rings. The van der Waals surface area contributed by atoms with E-state index in [-0.39, 0.29) is 10.6 Å². The third-order valence-electron chi connectivity index (χ3n) is 4.21. The van der Waals surface area contributed by atoms with Crippen LogP contribution in [-0.4, -0.2) is 49.5 Å². The lowest BCUT2D eigenvalue weighted by atomic mass is 10.2. The fourth-order valence-electron chi connectivity index (χ4n) is 2.88. The highest BCUT2D eigenvalue weighted by Crippen LogP contribution is 2.31. The van der Waals surface area contributed by atoms with Crippen LogP contribution in [0.3, 0.4) is 0 Å². The van der Waals surface area contributed by atoms with Crippen LogP contribution in [0.2, 0.25) is 0 Å². The van der Waals surface area contributed by atoms with Gasteiger partial charge >= 0.3 is 0 Å². The zero-order valence-corrected chi connectivity index (χ0v) is 14.9. The average molecular weight is 378 g/mol. The van der Waals surface area contributed by atoms with Gasteiger partial charge in [-0.05, 0) is 19.1 Å². The van der Waals surface area contributed by atoms with Gasteiger partial charge in [-0.3, -0.25) is 10.1 Å². The van der Waals surface area contributed by atoms with Crippen LogP contribution in [0, 0.1) is 17.0 Å². The molecule has 0 unspecified atom stereocenters. The second-order valence-corrected chi connectivity index (χ2v) is 7.51. The molecule has 0 radical (unpaired) electrons. The van der Waals surface area contributed by atoms with E-state index in [1.165, 1.54) is 18.5 Å². The van der Waals surface area contributed by atoms with E-state index in [4.69, 9.17) is 5.14 Å². The molecule has 2 heterocycles. The van der Waals surface area contributed by atoms with Crippen LogP contribution in [0.5, 0.6) is 0 Å². The number of hydrogen-bond acceptors (Lipinski definition) is 8. The molecule has 2 N–H and O–H groups in total. The largest absolute Gasteiger partial charge is 0.362 e. The van der Waals surface area contributed by atoms with E-state index in [0.29, 0.717) is 31.9 Å². The van der Waals surface area contributed by atoms with E-state index in [2.05, 4.69) is 14.9 Å². The molecule has 11 heteroatoms. The van der Waals surface area contributed by atoms with Gasteiger partial charge in [0, 0.05) is 44.0 Å². The fourth-order valence-corrected chi connectivity index (χ4v) is 3.42. The lowest BCUT2D eigenvalue weighted by Gasteiger charge is -2.36. The Morgan fingerprint density at radius 2 is 1.77 bits per heavy atom. The summed E-state index contributed by atoms with van der Waals surface area (Å²) in [5.74, 6) is 0.816. The van der Waals surface area contributed by atoms with E-state index in [1.54, 1.807) is 0 Å². The Bertz CT molecular complexity index is 941. The first-order valence-electron chi connectivity index (χ1n) is 7.85. The van der Waals surface area contributed by atoms with Gasteiger partial charge in [0.25, 0.3) is 5.69 Å². The van der Waals surface area contributed by atoms with E-state index < -0.39 is 14.9 Å². The second-order valence-electron chi connectivity index (χ2n) is 5.94. The van der Waals surface area contributed by atoms with E-state index in [0.717, 1.165) is 17.6 Å². The maximum Gasteiger partial charge on any atom is 0.293 e. The van der Waals surface area contributed by atoms with Gasteiger partial charge in [-0.25, -0.2) is 23.5 Å². The molecule has 0 saturated carbocycles. The summed E-state index contributed by atoms with van der Waals surface area (Å²) < 4.78 is 22.9. The molecule has 26 heavy (non-hydrogen) atoms. The summed E-state index contributed by atoms with van der Waals surface area (Å²) in [7, 11) is -4.00. The summed E-state index contributed by atoms with van der Waals surface area (Å²) in [5, 5.41) is 16.4. The van der Waals surface area contributed by atoms with E-state index in [1.807, 2.05) is 17.9 Å². The lowest BCUT2D eigenvalue weighted by Crippen LogP contribution is -2.47. The topological polar surface area (TPSA) is 136 Å². The number of nitrogens with zero attached hydrogens (tertiary/aromatic N) is 5. The number of nitro groups is 1. The van der Waals surface area contributed by atoms with Gasteiger partial charge in [-0.1, -0.05) is 0 Å². The Labute approximate surface area is 150 Å². The van der Waals surface area contributed by atoms with Gasteiger partial charge in [-0.15, -0.1) is 0 Å². The van der Waals surface area contributed by atoms with Crippen LogP contribution in [0.4, 0.5) is 17.2 Å². The number of hydrogen-bond donors (Lipinski definition) is 1. The van der Waals surface area contributed by atoms with Crippen LogP contribution in [-0.2, 0) is 10.0 Å². The van der Waals surface area contributed by atoms with Crippen LogP contribution >= 0.6 is 0 Å². The Hall–Kier alpha value is -2.79. The molecule has 1 aromatic carbocycles. The third kappa shape index (κ3) is 3.73. The molecule has 0 bridgehead atoms. The molecule has 3 rings (SSSR count). The number of nitro benzene ring substituents is 1. The molecule has 1 saturated heterocycles. The van der Waals surface area contributed by atoms with Gasteiger partial charge < -0.3 is 9.80 Å². The number of primary sulfonamides is 1. The molecule has 1 aliphatic heterocycles. The number of nitrogens with two attached hydrogens (primary N) is 1. The number of piperazine rings is 1. The highest BCUT2D eigenvalue weighted by molar-refractivity contribution is 7.89. The van der Waals surface area contributed by atoms with Crippen LogP contribution < -0.4 is 14.9 Å². The first-order valence-corrected chi connectivity index (χ1v) is 9.40. The number of aromatic nitrogens is 2. The number of sulfonamides is 1. The number of benzene rings is 1. The smallest absolute Gasteiger partial charge is 0.293 e. The van der Waals surface area contributed by atoms with Crippen LogP contribution in [0.1, 0.15) is 5.69 Å². The zero-order valence-electron chi connectivity index (χ0n) is 14.1. The SMILES string of the molecule is Cc1cc(N2CCN(c3ccc(S(N)(=O)=O)cc3[N+](=O)[O-])CC2)ncn1. The third-order valence-corrected chi connectivity index (χ3v) is 5.12. The Balaban J connectivity index is 1.82. The van der Waals surface area contributed by atoms with Crippen molar-refractivity contribution in [2.75, 3.05) is 36.0 Å². The first kappa shape index (κ1) is 18.0. The molecule has 0 amide bonds. The van der Waals surface area contributed by atoms with Crippen molar-refractivity contribution in [3.8, 4) is 0 Å². The monoisotopic (exact) mass is 378 g/mol. The Morgan fingerprint density at radius 1 is 1.12 bits per heavy atom. The molecule has 0 aliphatic carbocycles. The van der Waals surface area contributed by atoms with Crippen molar-refractivity contribution in [3.05, 3.63) is 46.4 Å². The maximum atomic E-state index is 11.4. The highest BCUT2D eigenvalue weighted by Gasteiger charge is 2.26. The Kier molecular flexibility index (Phi) is 4.74. The van der Waals surface area contributed by atoms with Crippen molar-refractivity contribution in [1.82, 2.24) is 9.97 Å². The van der Waals surface area contributed by atoms with Crippen molar-refractivity contribution in [3.63, 3.8) is 0 Å². The molecule has 1 aliphatic rings. The van der Waals surface area contributed by atoms with Crippen molar-refractivity contribution in [1.29, 1.82) is 0 Å². The molecule has 138 valence electrons. The first-order chi connectivity index (χ1) is 12.3. The number of anilines is 2. The molecule has 1 fully saturated rings. The number of aryl methyl sites for hydroxylation is 1. The zero-order chi connectivity index (χ0) is 18.9. The van der Waals surface area contributed by atoms with Crippen molar-refractivity contribution in [2.24, 2.45) is 5.14 Å². The van der Waals surface area contributed by atoms with Crippen LogP contribution in [0.25, 0.3) is 0 Å². The summed E-state index contributed by atoms with van der Waals surface area (Å²) in [6, 6.07) is 5.62. The second kappa shape index (κ2) is 6.84. The summed E-state index contributed by atoms with van der Waals surface area (Å²) in [6.07, 6.45) is 1.51. The van der Waals surface area contributed by atoms with Gasteiger partial charge in [0.05, 0.1) is 9.82 Å². The minimum atomic E-state index is -4.00. The molecule has 0 atom stereocenters. The standard InChI is InChI=1S/C15H18N6O4S/c1-11-8-15(18-10-17-11)20-6-4-19(5-7-20)13-3-2-12(26(16,24)25)9-14(13)21(22)23/h2-3,8-10H,4-7H2,1H3,(H2,16,24,25). The summed E-state index contributed by atoms with van der Waals surface area (Å²) >= 11 is 0. The Morgan fingerprint density at radius 3 is 2.35 bits per heavy atom. The predicted octanol–water partition coefficient (Wildman–Crippen LogP) is 0.667. The van der Waals surface area contributed by atoms with Gasteiger partial charge in [0.1, 0.15) is 17.8 Å².